The highest BCUT2D eigenvalue weighted by Gasteiger charge is 2.25. The first-order valence-corrected chi connectivity index (χ1v) is 10.5. The number of fused-ring (bicyclic) bond motifs is 1. The largest absolute Gasteiger partial charge is 0.484 e. The number of rotatable bonds is 5. The molecule has 1 N–H and O–H groups in total. The smallest absolute Gasteiger partial charge is 0.158 e. The summed E-state index contributed by atoms with van der Waals surface area (Å²) in [5, 5.41) is 10.3. The van der Waals surface area contributed by atoms with E-state index in [1.54, 1.807) is 6.07 Å². The van der Waals surface area contributed by atoms with Crippen LogP contribution in [0, 0.1) is 0 Å². The molecule has 1 aliphatic rings. The molecule has 4 nitrogen and oxygen atoms in total. The molecule has 0 saturated carbocycles. The lowest BCUT2D eigenvalue weighted by Gasteiger charge is -2.18. The van der Waals surface area contributed by atoms with Crippen LogP contribution in [0.5, 0.6) is 0 Å². The molecule has 0 amide bonds. The summed E-state index contributed by atoms with van der Waals surface area (Å²) in [7, 11) is 0. The number of aromatic nitrogens is 2. The molecule has 2 heterocycles. The first-order chi connectivity index (χ1) is 14.6. The Labute approximate surface area is 184 Å². The highest BCUT2D eigenvalue weighted by atomic mass is 35.5. The number of halogens is 2. The van der Waals surface area contributed by atoms with E-state index in [2.05, 4.69) is 47.7 Å². The van der Waals surface area contributed by atoms with Crippen molar-refractivity contribution in [3.05, 3.63) is 99.9 Å². The van der Waals surface area contributed by atoms with E-state index in [1.807, 2.05) is 41.2 Å². The predicted octanol–water partition coefficient (Wildman–Crippen LogP) is 6.38. The number of nitrogens with one attached hydrogen (secondary N) is 1. The van der Waals surface area contributed by atoms with Gasteiger partial charge in [0.05, 0.1) is 33.1 Å². The predicted molar refractivity (Wildman–Crippen MR) is 122 cm³/mol. The van der Waals surface area contributed by atoms with Crippen LogP contribution in [0.2, 0.25) is 10.0 Å². The van der Waals surface area contributed by atoms with E-state index in [4.69, 9.17) is 27.9 Å². The molecular formula is C24H19Cl2N3O. The van der Waals surface area contributed by atoms with E-state index in [0.29, 0.717) is 16.7 Å². The van der Waals surface area contributed by atoms with Gasteiger partial charge >= 0.3 is 0 Å². The van der Waals surface area contributed by atoms with Crippen molar-refractivity contribution in [3.63, 3.8) is 0 Å². The van der Waals surface area contributed by atoms with Gasteiger partial charge in [-0.05, 0) is 36.8 Å². The zero-order chi connectivity index (χ0) is 20.7. The average molecular weight is 436 g/mol. The molecule has 6 heteroatoms. The molecule has 1 saturated heterocycles. The maximum atomic E-state index is 6.22. The van der Waals surface area contributed by atoms with E-state index in [0.717, 1.165) is 33.6 Å². The lowest BCUT2D eigenvalue weighted by Crippen LogP contribution is -2.17. The van der Waals surface area contributed by atoms with Gasteiger partial charge < -0.3 is 10.1 Å². The van der Waals surface area contributed by atoms with Crippen LogP contribution in [-0.2, 0) is 4.74 Å². The Morgan fingerprint density at radius 1 is 1.03 bits per heavy atom. The van der Waals surface area contributed by atoms with E-state index in [9.17, 15) is 0 Å². The summed E-state index contributed by atoms with van der Waals surface area (Å²) < 4.78 is 7.46. The molecule has 1 atom stereocenters. The van der Waals surface area contributed by atoms with Crippen molar-refractivity contribution in [2.24, 2.45) is 0 Å². The van der Waals surface area contributed by atoms with Crippen LogP contribution in [0.3, 0.4) is 0 Å². The third-order valence-electron chi connectivity index (χ3n) is 5.26. The zero-order valence-electron chi connectivity index (χ0n) is 16.3. The second-order valence-electron chi connectivity index (χ2n) is 7.26. The van der Waals surface area contributed by atoms with Crippen LogP contribution in [0.15, 0.2) is 78.7 Å². The van der Waals surface area contributed by atoms with Crippen molar-refractivity contribution < 1.29 is 4.74 Å². The van der Waals surface area contributed by atoms with Crippen molar-refractivity contribution in [2.75, 3.05) is 6.61 Å². The summed E-state index contributed by atoms with van der Waals surface area (Å²) >= 11 is 12.3. The fourth-order valence-electron chi connectivity index (χ4n) is 3.62. The molecule has 1 aliphatic heterocycles. The third-order valence-corrected chi connectivity index (χ3v) is 6.00. The van der Waals surface area contributed by atoms with Crippen LogP contribution >= 0.6 is 23.2 Å². The summed E-state index contributed by atoms with van der Waals surface area (Å²) in [5.74, 6) is 0.965. The molecule has 0 aliphatic carbocycles. The molecule has 5 rings (SSSR count). The van der Waals surface area contributed by atoms with Crippen molar-refractivity contribution in [2.45, 2.75) is 13.0 Å². The van der Waals surface area contributed by atoms with Crippen LogP contribution in [0.4, 0.5) is 0 Å². The van der Waals surface area contributed by atoms with E-state index >= 15 is 0 Å². The monoisotopic (exact) mass is 435 g/mol. The Balaban J connectivity index is 1.56. The molecule has 150 valence electrons. The van der Waals surface area contributed by atoms with Gasteiger partial charge in [-0.2, -0.15) is 5.10 Å². The molecule has 0 radical (unpaired) electrons. The third kappa shape index (κ3) is 3.53. The first kappa shape index (κ1) is 19.0. The maximum Gasteiger partial charge on any atom is 0.158 e. The average Bonchev–Trinajstić information content (AvgIpc) is 3.52. The molecule has 4 aromatic rings. The Morgan fingerprint density at radius 2 is 1.83 bits per heavy atom. The minimum Gasteiger partial charge on any atom is -0.484 e. The molecule has 1 aromatic heterocycles. The topological polar surface area (TPSA) is 42.4 Å². The fraction of sp³-hybridized carbons (Fsp3) is 0.125. The fourth-order valence-corrected chi connectivity index (χ4v) is 3.91. The number of epoxide rings is 1. The maximum absolute atomic E-state index is 6.22. The summed E-state index contributed by atoms with van der Waals surface area (Å²) in [6, 6.07) is 22.2. The van der Waals surface area contributed by atoms with E-state index in [1.165, 1.54) is 5.56 Å². The highest BCUT2D eigenvalue weighted by Crippen LogP contribution is 2.34. The Morgan fingerprint density at radius 3 is 2.57 bits per heavy atom. The molecule has 1 fully saturated rings. The van der Waals surface area contributed by atoms with Gasteiger partial charge in [0.2, 0.25) is 0 Å². The van der Waals surface area contributed by atoms with Gasteiger partial charge in [-0.15, -0.1) is 0 Å². The standard InChI is InChI=1S/C24H19Cl2N3O/c1-15(16-6-3-2-4-7-16)28-24(23-14-30-23)18-8-5-9-22-19(18)13-27-29(22)17-10-11-20(25)21(26)12-17/h2-13,15,28H,14H2,1H3. The zero-order valence-corrected chi connectivity index (χ0v) is 17.8. The molecule has 3 aromatic carbocycles. The molecule has 30 heavy (non-hydrogen) atoms. The summed E-state index contributed by atoms with van der Waals surface area (Å²) in [5.41, 5.74) is 5.13. The number of nitrogens with zero attached hydrogens (tertiary/aromatic N) is 2. The Kier molecular flexibility index (Phi) is 4.89. The Bertz CT molecular complexity index is 1260. The highest BCUT2D eigenvalue weighted by molar-refractivity contribution is 6.42. The number of ether oxygens (including phenoxy) is 1. The summed E-state index contributed by atoms with van der Waals surface area (Å²) in [6.07, 6.45) is 1.88. The van der Waals surface area contributed by atoms with Gasteiger partial charge in [0.1, 0.15) is 6.61 Å². The molecule has 0 bridgehead atoms. The normalized spacial score (nSPS) is 15.6. The Hall–Kier alpha value is -2.95. The first-order valence-electron chi connectivity index (χ1n) is 9.72. The van der Waals surface area contributed by atoms with Crippen molar-refractivity contribution in [3.8, 4) is 5.69 Å². The van der Waals surface area contributed by atoms with Crippen molar-refractivity contribution in [1.82, 2.24) is 15.1 Å². The van der Waals surface area contributed by atoms with Gasteiger partial charge in [-0.3, -0.25) is 0 Å². The van der Waals surface area contributed by atoms with Gasteiger partial charge in [0, 0.05) is 17.0 Å². The van der Waals surface area contributed by atoms with Crippen LogP contribution in [0.25, 0.3) is 22.3 Å². The number of benzene rings is 3. The van der Waals surface area contributed by atoms with Gasteiger partial charge in [-0.1, -0.05) is 65.7 Å². The van der Waals surface area contributed by atoms with Gasteiger partial charge in [0.15, 0.2) is 5.76 Å². The lowest BCUT2D eigenvalue weighted by molar-refractivity contribution is 0.508. The van der Waals surface area contributed by atoms with Crippen molar-refractivity contribution >= 4 is 39.8 Å². The summed E-state index contributed by atoms with van der Waals surface area (Å²) in [6.45, 7) is 2.79. The SMILES string of the molecule is CC(NC(=C1CO1)c1cccc2c1cnn2-c1ccc(Cl)c(Cl)c1)c1ccccc1. The van der Waals surface area contributed by atoms with Crippen molar-refractivity contribution in [1.29, 1.82) is 0 Å². The second kappa shape index (κ2) is 7.71. The molecule has 1 unspecified atom stereocenters. The van der Waals surface area contributed by atoms with Crippen LogP contribution in [0.1, 0.15) is 24.1 Å². The minimum atomic E-state index is 0.137. The van der Waals surface area contributed by atoms with E-state index < -0.39 is 0 Å². The second-order valence-corrected chi connectivity index (χ2v) is 8.07. The van der Waals surface area contributed by atoms with E-state index in [-0.39, 0.29) is 6.04 Å². The van der Waals surface area contributed by atoms with Crippen LogP contribution in [-0.4, -0.2) is 16.4 Å². The lowest BCUT2D eigenvalue weighted by atomic mass is 10.0. The van der Waals surface area contributed by atoms with Crippen LogP contribution < -0.4 is 5.32 Å². The summed E-state index contributed by atoms with van der Waals surface area (Å²) in [4.78, 5) is 0. The molecular weight excluding hydrogens is 417 g/mol. The van der Waals surface area contributed by atoms with Gasteiger partial charge in [-0.25, -0.2) is 4.68 Å². The molecule has 0 spiro atoms. The number of hydrogen-bond acceptors (Lipinski definition) is 3. The van der Waals surface area contributed by atoms with Gasteiger partial charge in [0.25, 0.3) is 0 Å². The number of hydrogen-bond donors (Lipinski definition) is 1. The quantitative estimate of drug-likeness (QED) is 0.369. The minimum absolute atomic E-state index is 0.137.